The Morgan fingerprint density at radius 3 is 3.11 bits per heavy atom. The molecule has 1 aliphatic heterocycles. The van der Waals surface area contributed by atoms with Gasteiger partial charge >= 0.3 is 5.97 Å². The summed E-state index contributed by atoms with van der Waals surface area (Å²) in [6.45, 7) is 3.43. The minimum absolute atomic E-state index is 0.0987. The van der Waals surface area contributed by atoms with Gasteiger partial charge in [-0.3, -0.25) is 0 Å². The first-order chi connectivity index (χ1) is 8.58. The van der Waals surface area contributed by atoms with Crippen molar-refractivity contribution in [3.8, 4) is 0 Å². The average Bonchev–Trinajstić information content (AvgIpc) is 2.73. The fraction of sp³-hybridized carbons (Fsp3) is 0.500. The van der Waals surface area contributed by atoms with Crippen LogP contribution in [-0.4, -0.2) is 35.3 Å². The van der Waals surface area contributed by atoms with E-state index in [1.54, 1.807) is 0 Å². The van der Waals surface area contributed by atoms with Crippen molar-refractivity contribution in [1.29, 1.82) is 0 Å². The Labute approximate surface area is 105 Å². The summed E-state index contributed by atoms with van der Waals surface area (Å²) < 4.78 is 5.45. The molecule has 0 aromatic carbocycles. The molecule has 6 nitrogen and oxygen atoms in total. The standard InChI is InChI=1S/C12H17N3O3/c1-7-8(2-3-18-7)5-14-11-10(12(16)17)4-9(13)6-15-11/h4,6-8H,2-3,5,13H2,1H3,(H,14,15)(H,16,17). The maximum atomic E-state index is 11.1. The number of nitrogens with zero attached hydrogens (tertiary/aromatic N) is 1. The van der Waals surface area contributed by atoms with E-state index in [2.05, 4.69) is 10.3 Å². The monoisotopic (exact) mass is 251 g/mol. The van der Waals surface area contributed by atoms with Crippen molar-refractivity contribution in [3.63, 3.8) is 0 Å². The minimum atomic E-state index is -1.03. The Morgan fingerprint density at radius 2 is 2.50 bits per heavy atom. The van der Waals surface area contributed by atoms with E-state index in [9.17, 15) is 4.79 Å². The van der Waals surface area contributed by atoms with Crippen LogP contribution in [0.4, 0.5) is 11.5 Å². The van der Waals surface area contributed by atoms with E-state index in [0.717, 1.165) is 13.0 Å². The van der Waals surface area contributed by atoms with Crippen LogP contribution in [0.3, 0.4) is 0 Å². The lowest BCUT2D eigenvalue weighted by atomic mass is 10.0. The molecular weight excluding hydrogens is 234 g/mol. The molecule has 0 radical (unpaired) electrons. The van der Waals surface area contributed by atoms with E-state index in [1.807, 2.05) is 6.92 Å². The van der Waals surface area contributed by atoms with Gasteiger partial charge in [-0.2, -0.15) is 0 Å². The molecule has 6 heteroatoms. The van der Waals surface area contributed by atoms with E-state index in [-0.39, 0.29) is 11.7 Å². The lowest BCUT2D eigenvalue weighted by molar-refractivity contribution is 0.0697. The van der Waals surface area contributed by atoms with Crippen LogP contribution in [0, 0.1) is 5.92 Å². The molecule has 2 heterocycles. The molecule has 1 aromatic heterocycles. The van der Waals surface area contributed by atoms with Gasteiger partial charge in [0.2, 0.25) is 0 Å². The van der Waals surface area contributed by atoms with E-state index < -0.39 is 5.97 Å². The summed E-state index contributed by atoms with van der Waals surface area (Å²) >= 11 is 0. The Bertz CT molecular complexity index is 450. The molecule has 0 aliphatic carbocycles. The lowest BCUT2D eigenvalue weighted by Gasteiger charge is -2.16. The molecule has 0 bridgehead atoms. The molecule has 1 fully saturated rings. The Hall–Kier alpha value is -1.82. The third-order valence-corrected chi connectivity index (χ3v) is 3.20. The van der Waals surface area contributed by atoms with Crippen LogP contribution >= 0.6 is 0 Å². The first kappa shape index (κ1) is 12.6. The van der Waals surface area contributed by atoms with Gasteiger partial charge in [0.1, 0.15) is 11.4 Å². The number of nitrogens with two attached hydrogens (primary N) is 1. The first-order valence-corrected chi connectivity index (χ1v) is 5.92. The Balaban J connectivity index is 2.06. The summed E-state index contributed by atoms with van der Waals surface area (Å²) in [6, 6.07) is 1.41. The zero-order valence-electron chi connectivity index (χ0n) is 10.2. The van der Waals surface area contributed by atoms with Crippen LogP contribution < -0.4 is 11.1 Å². The fourth-order valence-electron chi connectivity index (χ4n) is 2.06. The highest BCUT2D eigenvalue weighted by atomic mass is 16.5. The number of nitrogens with one attached hydrogen (secondary N) is 1. The number of hydrogen-bond acceptors (Lipinski definition) is 5. The molecule has 2 atom stereocenters. The topological polar surface area (TPSA) is 97.5 Å². The predicted octanol–water partition coefficient (Wildman–Crippen LogP) is 1.20. The van der Waals surface area contributed by atoms with Gasteiger partial charge in [0, 0.05) is 19.1 Å². The molecule has 4 N–H and O–H groups in total. The van der Waals surface area contributed by atoms with Crippen molar-refractivity contribution >= 4 is 17.5 Å². The molecule has 0 saturated carbocycles. The van der Waals surface area contributed by atoms with E-state index in [1.165, 1.54) is 12.3 Å². The van der Waals surface area contributed by atoms with E-state index in [4.69, 9.17) is 15.6 Å². The largest absolute Gasteiger partial charge is 0.478 e. The third kappa shape index (κ3) is 2.70. The lowest BCUT2D eigenvalue weighted by Crippen LogP contribution is -2.22. The van der Waals surface area contributed by atoms with Crippen molar-refractivity contribution in [2.24, 2.45) is 5.92 Å². The molecule has 18 heavy (non-hydrogen) atoms. The van der Waals surface area contributed by atoms with E-state index >= 15 is 0 Å². The molecule has 0 amide bonds. The number of aromatic nitrogens is 1. The number of carboxylic acid groups (broad SMARTS) is 1. The molecular formula is C12H17N3O3. The SMILES string of the molecule is CC1OCCC1CNc1ncc(N)cc1C(=O)O. The molecule has 1 aliphatic rings. The van der Waals surface area contributed by atoms with Gasteiger partial charge in [-0.25, -0.2) is 9.78 Å². The Morgan fingerprint density at radius 1 is 1.72 bits per heavy atom. The quantitative estimate of drug-likeness (QED) is 0.744. The molecule has 2 rings (SSSR count). The first-order valence-electron chi connectivity index (χ1n) is 5.92. The van der Waals surface area contributed by atoms with Gasteiger partial charge in [-0.05, 0) is 19.4 Å². The highest BCUT2D eigenvalue weighted by Crippen LogP contribution is 2.22. The summed E-state index contributed by atoms with van der Waals surface area (Å²) in [7, 11) is 0. The highest BCUT2D eigenvalue weighted by Gasteiger charge is 2.24. The van der Waals surface area contributed by atoms with Crippen LogP contribution in [0.2, 0.25) is 0 Å². The summed E-state index contributed by atoms with van der Waals surface area (Å²) in [6.07, 6.45) is 2.62. The second-order valence-electron chi connectivity index (χ2n) is 4.48. The third-order valence-electron chi connectivity index (χ3n) is 3.20. The molecule has 98 valence electrons. The molecule has 1 saturated heterocycles. The number of hydrogen-bond donors (Lipinski definition) is 3. The summed E-state index contributed by atoms with van der Waals surface area (Å²) in [4.78, 5) is 15.1. The second kappa shape index (κ2) is 5.22. The van der Waals surface area contributed by atoms with Gasteiger partial charge < -0.3 is 20.9 Å². The number of nitrogen functional groups attached to an aromatic ring is 1. The number of pyridine rings is 1. The zero-order valence-corrected chi connectivity index (χ0v) is 10.2. The normalized spacial score (nSPS) is 22.9. The summed E-state index contributed by atoms with van der Waals surface area (Å²) in [5.41, 5.74) is 5.97. The number of rotatable bonds is 4. The highest BCUT2D eigenvalue weighted by molar-refractivity contribution is 5.94. The van der Waals surface area contributed by atoms with Crippen molar-refractivity contribution in [2.75, 3.05) is 24.2 Å². The second-order valence-corrected chi connectivity index (χ2v) is 4.48. The van der Waals surface area contributed by atoms with Gasteiger partial charge in [0.15, 0.2) is 0 Å². The van der Waals surface area contributed by atoms with Crippen molar-refractivity contribution in [1.82, 2.24) is 4.98 Å². The van der Waals surface area contributed by atoms with Gasteiger partial charge in [-0.15, -0.1) is 0 Å². The molecule has 0 spiro atoms. The Kier molecular flexibility index (Phi) is 3.66. The predicted molar refractivity (Wildman–Crippen MR) is 67.6 cm³/mol. The van der Waals surface area contributed by atoms with Crippen LogP contribution in [0.1, 0.15) is 23.7 Å². The smallest absolute Gasteiger partial charge is 0.339 e. The number of carbonyl (C=O) groups is 1. The van der Waals surface area contributed by atoms with Crippen LogP contribution in [-0.2, 0) is 4.74 Å². The van der Waals surface area contributed by atoms with Gasteiger partial charge in [-0.1, -0.05) is 0 Å². The van der Waals surface area contributed by atoms with Crippen LogP contribution in [0.25, 0.3) is 0 Å². The van der Waals surface area contributed by atoms with Crippen LogP contribution in [0.15, 0.2) is 12.3 Å². The number of ether oxygens (including phenoxy) is 1. The fourth-order valence-corrected chi connectivity index (χ4v) is 2.06. The number of carboxylic acids is 1. The average molecular weight is 251 g/mol. The van der Waals surface area contributed by atoms with Gasteiger partial charge in [0.25, 0.3) is 0 Å². The summed E-state index contributed by atoms with van der Waals surface area (Å²) in [5.74, 6) is -0.296. The zero-order chi connectivity index (χ0) is 13.1. The van der Waals surface area contributed by atoms with Gasteiger partial charge in [0.05, 0.1) is 18.0 Å². The maximum absolute atomic E-state index is 11.1. The maximum Gasteiger partial charge on any atom is 0.339 e. The summed E-state index contributed by atoms with van der Waals surface area (Å²) in [5, 5.41) is 12.1. The van der Waals surface area contributed by atoms with E-state index in [0.29, 0.717) is 24.0 Å². The van der Waals surface area contributed by atoms with Crippen molar-refractivity contribution in [2.45, 2.75) is 19.4 Å². The number of aromatic carboxylic acids is 1. The van der Waals surface area contributed by atoms with Crippen molar-refractivity contribution in [3.05, 3.63) is 17.8 Å². The molecule has 2 unspecified atom stereocenters. The molecule has 1 aromatic rings. The van der Waals surface area contributed by atoms with Crippen LogP contribution in [0.5, 0.6) is 0 Å². The van der Waals surface area contributed by atoms with Crippen molar-refractivity contribution < 1.29 is 14.6 Å². The number of anilines is 2. The minimum Gasteiger partial charge on any atom is -0.478 e.